The molecule has 8 heteroatoms. The van der Waals surface area contributed by atoms with Crippen molar-refractivity contribution in [3.8, 4) is 5.75 Å². The number of rotatable bonds is 4. The van der Waals surface area contributed by atoms with E-state index in [9.17, 15) is 19.5 Å². The predicted octanol–water partition coefficient (Wildman–Crippen LogP) is 1.20. The van der Waals surface area contributed by atoms with Gasteiger partial charge in [0, 0.05) is 37.7 Å². The van der Waals surface area contributed by atoms with Gasteiger partial charge >= 0.3 is 0 Å². The largest absolute Gasteiger partial charge is 0.489 e. The number of carbonyl (C=O) groups excluding carboxylic acids is 3. The zero-order chi connectivity index (χ0) is 21.5. The number of amides is 3. The first-order valence-corrected chi connectivity index (χ1v) is 11.4. The Morgan fingerprint density at radius 3 is 2.61 bits per heavy atom. The van der Waals surface area contributed by atoms with Crippen molar-refractivity contribution in [2.75, 3.05) is 13.1 Å². The number of nitrogens with one attached hydrogen (secondary N) is 1. The molecule has 0 spiro atoms. The van der Waals surface area contributed by atoms with Crippen LogP contribution in [0.5, 0.6) is 5.75 Å². The van der Waals surface area contributed by atoms with Gasteiger partial charge in [-0.2, -0.15) is 0 Å². The Morgan fingerprint density at radius 2 is 1.84 bits per heavy atom. The second-order valence-electron chi connectivity index (χ2n) is 9.14. The Labute approximate surface area is 181 Å². The lowest BCUT2D eigenvalue weighted by atomic mass is 10.0. The molecule has 0 bridgehead atoms. The molecule has 2 N–H and O–H groups in total. The summed E-state index contributed by atoms with van der Waals surface area (Å²) in [4.78, 5) is 40.5. The molecule has 3 fully saturated rings. The van der Waals surface area contributed by atoms with E-state index in [-0.39, 0.29) is 30.4 Å². The first-order valence-electron chi connectivity index (χ1n) is 11.4. The standard InChI is InChI=1S/C23H29N3O5/c27-15-8-10-25(11-9-15)18-2-1-3-20(18)31-16-4-5-17-14(12-16)13-26(23(17)30)19-6-7-21(28)24-22(19)29/h4-5,12,15,18-20,27H,1-3,6-11,13H2,(H,24,28,29)/t18-,19?,20-/m0/s1. The van der Waals surface area contributed by atoms with Crippen molar-refractivity contribution >= 4 is 17.7 Å². The van der Waals surface area contributed by atoms with Gasteiger partial charge in [0.1, 0.15) is 17.9 Å². The smallest absolute Gasteiger partial charge is 0.255 e. The fourth-order valence-corrected chi connectivity index (χ4v) is 5.48. The Balaban J connectivity index is 1.27. The molecule has 2 saturated heterocycles. The third-order valence-corrected chi connectivity index (χ3v) is 7.17. The van der Waals surface area contributed by atoms with Gasteiger partial charge in [0.2, 0.25) is 11.8 Å². The molecule has 3 amide bonds. The molecule has 1 unspecified atom stereocenters. The van der Waals surface area contributed by atoms with Crippen LogP contribution in [0.2, 0.25) is 0 Å². The first-order chi connectivity index (χ1) is 15.0. The number of piperidine rings is 2. The maximum atomic E-state index is 12.9. The number of benzene rings is 1. The Bertz CT molecular complexity index is 895. The Kier molecular flexibility index (Phi) is 5.44. The minimum atomic E-state index is -0.601. The van der Waals surface area contributed by atoms with Gasteiger partial charge in [0.25, 0.3) is 5.91 Å². The minimum absolute atomic E-state index is 0.108. The van der Waals surface area contributed by atoms with E-state index < -0.39 is 11.9 Å². The molecule has 1 aliphatic carbocycles. The molecule has 1 saturated carbocycles. The first kappa shape index (κ1) is 20.5. The zero-order valence-electron chi connectivity index (χ0n) is 17.6. The Hall–Kier alpha value is -2.45. The molecule has 0 aromatic heterocycles. The molecule has 3 heterocycles. The molecule has 8 nitrogen and oxygen atoms in total. The monoisotopic (exact) mass is 427 g/mol. The van der Waals surface area contributed by atoms with Crippen LogP contribution in [0.15, 0.2) is 18.2 Å². The molecule has 1 aromatic rings. The second-order valence-corrected chi connectivity index (χ2v) is 9.14. The summed E-state index contributed by atoms with van der Waals surface area (Å²) in [6, 6.07) is 5.33. The number of hydrogen-bond donors (Lipinski definition) is 2. The van der Waals surface area contributed by atoms with E-state index in [0.717, 1.165) is 56.5 Å². The zero-order valence-corrected chi connectivity index (χ0v) is 17.6. The fourth-order valence-electron chi connectivity index (χ4n) is 5.48. The van der Waals surface area contributed by atoms with Crippen molar-refractivity contribution in [3.63, 3.8) is 0 Å². The summed E-state index contributed by atoms with van der Waals surface area (Å²) in [6.45, 7) is 2.17. The van der Waals surface area contributed by atoms with Crippen LogP contribution in [-0.4, -0.2) is 70.0 Å². The van der Waals surface area contributed by atoms with E-state index >= 15 is 0 Å². The van der Waals surface area contributed by atoms with Gasteiger partial charge in [0.15, 0.2) is 0 Å². The van der Waals surface area contributed by atoms with Crippen molar-refractivity contribution in [1.29, 1.82) is 0 Å². The van der Waals surface area contributed by atoms with E-state index in [1.165, 1.54) is 0 Å². The van der Waals surface area contributed by atoms with Crippen molar-refractivity contribution in [2.45, 2.75) is 75.8 Å². The van der Waals surface area contributed by atoms with Crippen LogP contribution in [0.25, 0.3) is 0 Å². The van der Waals surface area contributed by atoms with E-state index in [2.05, 4.69) is 10.2 Å². The highest BCUT2D eigenvalue weighted by Gasteiger charge is 2.40. The third-order valence-electron chi connectivity index (χ3n) is 7.17. The van der Waals surface area contributed by atoms with Crippen LogP contribution in [-0.2, 0) is 16.1 Å². The maximum absolute atomic E-state index is 12.9. The molecule has 3 aliphatic heterocycles. The summed E-state index contributed by atoms with van der Waals surface area (Å²) in [5.74, 6) is -0.0861. The summed E-state index contributed by atoms with van der Waals surface area (Å²) in [5, 5.41) is 12.1. The molecule has 0 radical (unpaired) electrons. The van der Waals surface area contributed by atoms with Crippen molar-refractivity contribution in [3.05, 3.63) is 29.3 Å². The van der Waals surface area contributed by atoms with Crippen LogP contribution in [0.4, 0.5) is 0 Å². The van der Waals surface area contributed by atoms with Crippen molar-refractivity contribution in [1.82, 2.24) is 15.1 Å². The highest BCUT2D eigenvalue weighted by atomic mass is 16.5. The van der Waals surface area contributed by atoms with E-state index in [1.54, 1.807) is 11.0 Å². The normalized spacial score (nSPS) is 29.9. The number of aliphatic hydroxyl groups is 1. The summed E-state index contributed by atoms with van der Waals surface area (Å²) < 4.78 is 6.39. The van der Waals surface area contributed by atoms with Crippen LogP contribution in [0, 0.1) is 0 Å². The number of carbonyl (C=O) groups is 3. The van der Waals surface area contributed by atoms with Gasteiger partial charge < -0.3 is 14.7 Å². The topological polar surface area (TPSA) is 99.2 Å². The number of likely N-dealkylation sites (tertiary alicyclic amines) is 1. The van der Waals surface area contributed by atoms with Crippen molar-refractivity contribution < 1.29 is 24.2 Å². The van der Waals surface area contributed by atoms with Gasteiger partial charge in [0.05, 0.1) is 6.10 Å². The summed E-state index contributed by atoms with van der Waals surface area (Å²) in [5.41, 5.74) is 1.47. The SMILES string of the molecule is O=C1CCC(N2Cc3cc(O[C@H]4CCC[C@@H]4N4CCC(O)CC4)ccc3C2=O)C(=O)N1. The minimum Gasteiger partial charge on any atom is -0.489 e. The van der Waals surface area contributed by atoms with Crippen LogP contribution >= 0.6 is 0 Å². The molecule has 5 rings (SSSR count). The number of aliphatic hydroxyl groups excluding tert-OH is 1. The molecule has 31 heavy (non-hydrogen) atoms. The molecule has 1 aromatic carbocycles. The number of fused-ring (bicyclic) bond motifs is 1. The summed E-state index contributed by atoms with van der Waals surface area (Å²) in [6.07, 6.45) is 5.41. The number of nitrogens with zero attached hydrogens (tertiary/aromatic N) is 2. The van der Waals surface area contributed by atoms with Crippen LogP contribution < -0.4 is 10.1 Å². The lowest BCUT2D eigenvalue weighted by Crippen LogP contribution is -2.52. The molecule has 3 atom stereocenters. The van der Waals surface area contributed by atoms with Crippen LogP contribution in [0.1, 0.15) is 60.9 Å². The molecular formula is C23H29N3O5. The van der Waals surface area contributed by atoms with E-state index in [1.807, 2.05) is 12.1 Å². The second kappa shape index (κ2) is 8.24. The van der Waals surface area contributed by atoms with Gasteiger partial charge in [-0.05, 0) is 62.3 Å². The average Bonchev–Trinajstić information content (AvgIpc) is 3.33. The summed E-state index contributed by atoms with van der Waals surface area (Å²) >= 11 is 0. The predicted molar refractivity (Wildman–Crippen MR) is 111 cm³/mol. The summed E-state index contributed by atoms with van der Waals surface area (Å²) in [7, 11) is 0. The lowest BCUT2D eigenvalue weighted by molar-refractivity contribution is -0.136. The highest BCUT2D eigenvalue weighted by molar-refractivity contribution is 6.05. The quantitative estimate of drug-likeness (QED) is 0.701. The van der Waals surface area contributed by atoms with Crippen molar-refractivity contribution in [2.24, 2.45) is 0 Å². The fraction of sp³-hybridized carbons (Fsp3) is 0.609. The van der Waals surface area contributed by atoms with Gasteiger partial charge in [-0.3, -0.25) is 24.6 Å². The maximum Gasteiger partial charge on any atom is 0.255 e. The highest BCUT2D eigenvalue weighted by Crippen LogP contribution is 2.34. The van der Waals surface area contributed by atoms with Gasteiger partial charge in [-0.25, -0.2) is 0 Å². The van der Waals surface area contributed by atoms with Crippen LogP contribution in [0.3, 0.4) is 0 Å². The molecular weight excluding hydrogens is 398 g/mol. The lowest BCUT2D eigenvalue weighted by Gasteiger charge is -2.37. The van der Waals surface area contributed by atoms with E-state index in [0.29, 0.717) is 24.6 Å². The van der Waals surface area contributed by atoms with E-state index in [4.69, 9.17) is 4.74 Å². The van der Waals surface area contributed by atoms with Gasteiger partial charge in [-0.1, -0.05) is 0 Å². The number of ether oxygens (including phenoxy) is 1. The number of hydrogen-bond acceptors (Lipinski definition) is 6. The Morgan fingerprint density at radius 1 is 1.03 bits per heavy atom. The number of imide groups is 1. The molecule has 4 aliphatic rings. The molecule has 166 valence electrons. The van der Waals surface area contributed by atoms with Gasteiger partial charge in [-0.15, -0.1) is 0 Å². The third kappa shape index (κ3) is 3.94. The average molecular weight is 428 g/mol.